The van der Waals surface area contributed by atoms with Crippen molar-refractivity contribution >= 4 is 28.7 Å². The standard InChI is InChI=1S/C14H7ClN4O2/c15-11-1-3-12(4-2-11)18-13-5-9(7-16)10(8-17)6-14(13)19(20)21/h1-6,18H. The van der Waals surface area contributed by atoms with E-state index in [1.165, 1.54) is 6.07 Å². The van der Waals surface area contributed by atoms with E-state index in [1.807, 2.05) is 6.07 Å². The van der Waals surface area contributed by atoms with Crippen LogP contribution in [0.25, 0.3) is 0 Å². The van der Waals surface area contributed by atoms with Crippen molar-refractivity contribution in [1.29, 1.82) is 10.5 Å². The summed E-state index contributed by atoms with van der Waals surface area (Å²) in [6.07, 6.45) is 0. The number of benzene rings is 2. The number of rotatable bonds is 3. The zero-order valence-electron chi connectivity index (χ0n) is 10.5. The Morgan fingerprint density at radius 2 is 1.67 bits per heavy atom. The van der Waals surface area contributed by atoms with E-state index < -0.39 is 4.92 Å². The number of nitro benzene ring substituents is 1. The van der Waals surface area contributed by atoms with Gasteiger partial charge in [-0.25, -0.2) is 0 Å². The quantitative estimate of drug-likeness (QED) is 0.687. The molecule has 0 bridgehead atoms. The Bertz CT molecular complexity index is 788. The molecule has 7 heteroatoms. The van der Waals surface area contributed by atoms with Crippen molar-refractivity contribution in [3.8, 4) is 12.1 Å². The number of nitro groups is 1. The predicted molar refractivity (Wildman–Crippen MR) is 77.3 cm³/mol. The maximum atomic E-state index is 11.1. The van der Waals surface area contributed by atoms with Gasteiger partial charge in [0.15, 0.2) is 0 Å². The number of hydrogen-bond acceptors (Lipinski definition) is 5. The summed E-state index contributed by atoms with van der Waals surface area (Å²) in [6, 6.07) is 12.5. The number of nitriles is 2. The van der Waals surface area contributed by atoms with E-state index in [1.54, 1.807) is 30.3 Å². The van der Waals surface area contributed by atoms with Gasteiger partial charge in [-0.05, 0) is 30.3 Å². The maximum Gasteiger partial charge on any atom is 0.294 e. The van der Waals surface area contributed by atoms with Crippen molar-refractivity contribution in [3.05, 3.63) is 62.7 Å². The predicted octanol–water partition coefficient (Wildman–Crippen LogP) is 3.74. The molecule has 0 radical (unpaired) electrons. The molecule has 0 unspecified atom stereocenters. The lowest BCUT2D eigenvalue weighted by Crippen LogP contribution is -1.99. The number of halogens is 1. The van der Waals surface area contributed by atoms with Crippen LogP contribution in [0.4, 0.5) is 17.1 Å². The molecule has 0 saturated carbocycles. The molecule has 2 rings (SSSR count). The average Bonchev–Trinajstić information content (AvgIpc) is 2.48. The molecule has 6 nitrogen and oxygen atoms in total. The fraction of sp³-hybridized carbons (Fsp3) is 0. The van der Waals surface area contributed by atoms with Crippen LogP contribution in [0.5, 0.6) is 0 Å². The molecule has 0 amide bonds. The Morgan fingerprint density at radius 3 is 2.19 bits per heavy atom. The Hall–Kier alpha value is -3.09. The zero-order valence-corrected chi connectivity index (χ0v) is 11.3. The normalized spacial score (nSPS) is 9.48. The third-order valence-electron chi connectivity index (χ3n) is 2.70. The van der Waals surface area contributed by atoms with E-state index >= 15 is 0 Å². The highest BCUT2D eigenvalue weighted by Gasteiger charge is 2.18. The minimum atomic E-state index is -0.611. The summed E-state index contributed by atoms with van der Waals surface area (Å²) >= 11 is 5.77. The van der Waals surface area contributed by atoms with Crippen molar-refractivity contribution < 1.29 is 4.92 Å². The number of nitrogens with one attached hydrogen (secondary N) is 1. The van der Waals surface area contributed by atoms with Crippen LogP contribution in [-0.4, -0.2) is 4.92 Å². The molecule has 2 aromatic rings. The maximum absolute atomic E-state index is 11.1. The lowest BCUT2D eigenvalue weighted by atomic mass is 10.1. The Kier molecular flexibility index (Phi) is 4.03. The second-order valence-electron chi connectivity index (χ2n) is 4.03. The minimum Gasteiger partial charge on any atom is -0.350 e. The van der Waals surface area contributed by atoms with E-state index in [4.69, 9.17) is 22.1 Å². The van der Waals surface area contributed by atoms with Gasteiger partial charge in [-0.3, -0.25) is 10.1 Å². The number of hydrogen-bond donors (Lipinski definition) is 1. The van der Waals surface area contributed by atoms with Gasteiger partial charge in [0.2, 0.25) is 0 Å². The minimum absolute atomic E-state index is 0.0362. The fourth-order valence-electron chi connectivity index (χ4n) is 1.71. The van der Waals surface area contributed by atoms with Crippen LogP contribution in [-0.2, 0) is 0 Å². The van der Waals surface area contributed by atoms with Gasteiger partial charge < -0.3 is 5.32 Å². The van der Waals surface area contributed by atoms with Crippen LogP contribution in [0.3, 0.4) is 0 Å². The molecule has 0 heterocycles. The van der Waals surface area contributed by atoms with Gasteiger partial charge in [0.25, 0.3) is 5.69 Å². The smallest absolute Gasteiger partial charge is 0.294 e. The van der Waals surface area contributed by atoms with E-state index in [2.05, 4.69) is 5.32 Å². The second kappa shape index (κ2) is 5.91. The van der Waals surface area contributed by atoms with E-state index in [-0.39, 0.29) is 22.5 Å². The summed E-state index contributed by atoms with van der Waals surface area (Å²) in [6.45, 7) is 0. The highest BCUT2D eigenvalue weighted by atomic mass is 35.5. The fourth-order valence-corrected chi connectivity index (χ4v) is 1.84. The molecule has 0 saturated heterocycles. The molecule has 0 aliphatic heterocycles. The zero-order chi connectivity index (χ0) is 15.4. The topological polar surface area (TPSA) is 103 Å². The van der Waals surface area contributed by atoms with Crippen LogP contribution >= 0.6 is 11.6 Å². The molecule has 0 atom stereocenters. The molecule has 0 aliphatic carbocycles. The molecule has 0 fully saturated rings. The third kappa shape index (κ3) is 3.08. The summed E-state index contributed by atoms with van der Waals surface area (Å²) < 4.78 is 0. The van der Waals surface area contributed by atoms with Crippen molar-refractivity contribution in [2.75, 3.05) is 5.32 Å². The summed E-state index contributed by atoms with van der Waals surface area (Å²) in [4.78, 5) is 10.5. The molecule has 0 aromatic heterocycles. The largest absolute Gasteiger partial charge is 0.350 e. The van der Waals surface area contributed by atoms with Gasteiger partial charge in [-0.15, -0.1) is 0 Å². The molecule has 2 aromatic carbocycles. The summed E-state index contributed by atoms with van der Waals surface area (Å²) in [5.41, 5.74) is 0.472. The lowest BCUT2D eigenvalue weighted by molar-refractivity contribution is -0.383. The first-order chi connectivity index (χ1) is 10.0. The van der Waals surface area contributed by atoms with Crippen LogP contribution in [0.1, 0.15) is 11.1 Å². The first-order valence-corrected chi connectivity index (χ1v) is 6.08. The monoisotopic (exact) mass is 298 g/mol. The molecule has 1 N–H and O–H groups in total. The number of nitrogens with zero attached hydrogens (tertiary/aromatic N) is 3. The van der Waals surface area contributed by atoms with Crippen molar-refractivity contribution in [2.45, 2.75) is 0 Å². The van der Waals surface area contributed by atoms with Crippen LogP contribution in [0.2, 0.25) is 5.02 Å². The third-order valence-corrected chi connectivity index (χ3v) is 2.95. The molecular weight excluding hydrogens is 292 g/mol. The molecule has 102 valence electrons. The van der Waals surface area contributed by atoms with Gasteiger partial charge in [0.05, 0.1) is 16.1 Å². The summed E-state index contributed by atoms with van der Waals surface area (Å²) in [5, 5.41) is 32.4. The van der Waals surface area contributed by atoms with Gasteiger partial charge in [0.1, 0.15) is 17.8 Å². The van der Waals surface area contributed by atoms with Gasteiger partial charge >= 0.3 is 0 Å². The van der Waals surface area contributed by atoms with E-state index in [9.17, 15) is 10.1 Å². The Morgan fingerprint density at radius 1 is 1.10 bits per heavy atom. The van der Waals surface area contributed by atoms with Gasteiger partial charge in [-0.1, -0.05) is 11.6 Å². The Balaban J connectivity index is 2.51. The van der Waals surface area contributed by atoms with Gasteiger partial charge in [0, 0.05) is 16.8 Å². The molecule has 0 spiro atoms. The average molecular weight is 299 g/mol. The highest BCUT2D eigenvalue weighted by Crippen LogP contribution is 2.31. The first kappa shape index (κ1) is 14.3. The number of anilines is 2. The van der Waals surface area contributed by atoms with E-state index in [0.717, 1.165) is 6.07 Å². The van der Waals surface area contributed by atoms with Crippen LogP contribution in [0, 0.1) is 32.8 Å². The van der Waals surface area contributed by atoms with Crippen molar-refractivity contribution in [3.63, 3.8) is 0 Å². The molecule has 0 aliphatic rings. The summed E-state index contributed by atoms with van der Waals surface area (Å²) in [5.74, 6) is 0. The van der Waals surface area contributed by atoms with Crippen molar-refractivity contribution in [2.24, 2.45) is 0 Å². The molecular formula is C14H7ClN4O2. The van der Waals surface area contributed by atoms with Crippen LogP contribution < -0.4 is 5.32 Å². The molecule has 21 heavy (non-hydrogen) atoms. The lowest BCUT2D eigenvalue weighted by Gasteiger charge is -2.08. The first-order valence-electron chi connectivity index (χ1n) is 5.70. The second-order valence-corrected chi connectivity index (χ2v) is 4.46. The highest BCUT2D eigenvalue weighted by molar-refractivity contribution is 6.30. The van der Waals surface area contributed by atoms with Crippen molar-refractivity contribution in [1.82, 2.24) is 0 Å². The Labute approximate surface area is 125 Å². The van der Waals surface area contributed by atoms with Crippen LogP contribution in [0.15, 0.2) is 36.4 Å². The van der Waals surface area contributed by atoms with E-state index in [0.29, 0.717) is 10.7 Å². The summed E-state index contributed by atoms with van der Waals surface area (Å²) in [7, 11) is 0. The SMILES string of the molecule is N#Cc1cc(Nc2ccc(Cl)cc2)c([N+](=O)[O-])cc1C#N. The van der Waals surface area contributed by atoms with Gasteiger partial charge in [-0.2, -0.15) is 10.5 Å².